The molecule has 0 bridgehead atoms. The number of rotatable bonds is 5. The number of nitrogens with zero attached hydrogens (tertiary/aromatic N) is 3. The lowest BCUT2D eigenvalue weighted by molar-refractivity contribution is 0.230. The SMILES string of the molecule is CC(C)Oc1ncccc1CNc1ncnc2ccsc12. The van der Waals surface area contributed by atoms with E-state index < -0.39 is 0 Å². The molecule has 3 heterocycles. The number of hydrogen-bond donors (Lipinski definition) is 1. The smallest absolute Gasteiger partial charge is 0.218 e. The standard InChI is InChI=1S/C15H16N4OS/c1-10(2)20-15-11(4-3-6-16-15)8-17-14-13-12(5-7-21-13)18-9-19-14/h3-7,9-10H,8H2,1-2H3,(H,17,18,19). The minimum Gasteiger partial charge on any atom is -0.475 e. The second-order valence-electron chi connectivity index (χ2n) is 4.85. The normalized spacial score (nSPS) is 11.0. The monoisotopic (exact) mass is 300 g/mol. The van der Waals surface area contributed by atoms with Crippen molar-refractivity contribution in [3.05, 3.63) is 41.7 Å². The number of aromatic nitrogens is 3. The van der Waals surface area contributed by atoms with Gasteiger partial charge in [0.1, 0.15) is 12.1 Å². The number of fused-ring (bicyclic) bond motifs is 1. The van der Waals surface area contributed by atoms with Crippen molar-refractivity contribution < 1.29 is 4.74 Å². The first kappa shape index (κ1) is 13.8. The minimum atomic E-state index is 0.0988. The van der Waals surface area contributed by atoms with Gasteiger partial charge in [0.25, 0.3) is 0 Å². The summed E-state index contributed by atoms with van der Waals surface area (Å²) in [6.07, 6.45) is 3.41. The maximum absolute atomic E-state index is 5.72. The predicted octanol–water partition coefficient (Wildman–Crippen LogP) is 3.49. The fourth-order valence-corrected chi connectivity index (χ4v) is 2.79. The largest absolute Gasteiger partial charge is 0.475 e. The highest BCUT2D eigenvalue weighted by Crippen LogP contribution is 2.26. The molecule has 0 aromatic carbocycles. The molecule has 0 aliphatic heterocycles. The average molecular weight is 300 g/mol. The maximum Gasteiger partial charge on any atom is 0.218 e. The average Bonchev–Trinajstić information content (AvgIpc) is 2.95. The summed E-state index contributed by atoms with van der Waals surface area (Å²) >= 11 is 1.63. The van der Waals surface area contributed by atoms with Gasteiger partial charge in [0.15, 0.2) is 0 Å². The number of nitrogens with one attached hydrogen (secondary N) is 1. The van der Waals surface area contributed by atoms with E-state index >= 15 is 0 Å². The van der Waals surface area contributed by atoms with Crippen LogP contribution < -0.4 is 10.1 Å². The zero-order chi connectivity index (χ0) is 14.7. The first-order valence-corrected chi connectivity index (χ1v) is 7.64. The van der Waals surface area contributed by atoms with Crippen LogP contribution in [0.4, 0.5) is 5.82 Å². The van der Waals surface area contributed by atoms with Crippen molar-refractivity contribution >= 4 is 27.4 Å². The molecule has 0 atom stereocenters. The van der Waals surface area contributed by atoms with Gasteiger partial charge in [0.2, 0.25) is 5.88 Å². The van der Waals surface area contributed by atoms with Gasteiger partial charge < -0.3 is 10.1 Å². The van der Waals surface area contributed by atoms with Gasteiger partial charge in [-0.15, -0.1) is 11.3 Å². The van der Waals surface area contributed by atoms with Crippen LogP contribution in [-0.4, -0.2) is 21.1 Å². The molecular weight excluding hydrogens is 284 g/mol. The van der Waals surface area contributed by atoms with Gasteiger partial charge in [-0.25, -0.2) is 15.0 Å². The molecule has 0 aliphatic rings. The number of ether oxygens (including phenoxy) is 1. The Morgan fingerprint density at radius 2 is 2.14 bits per heavy atom. The molecule has 0 spiro atoms. The van der Waals surface area contributed by atoms with E-state index in [0.717, 1.165) is 21.6 Å². The minimum absolute atomic E-state index is 0.0988. The molecule has 0 saturated carbocycles. The Balaban J connectivity index is 1.80. The summed E-state index contributed by atoms with van der Waals surface area (Å²) in [5.41, 5.74) is 1.97. The summed E-state index contributed by atoms with van der Waals surface area (Å²) in [6, 6.07) is 5.90. The first-order chi connectivity index (χ1) is 10.2. The van der Waals surface area contributed by atoms with Crippen molar-refractivity contribution in [1.29, 1.82) is 0 Å². The molecule has 3 aromatic heterocycles. The zero-order valence-corrected chi connectivity index (χ0v) is 12.7. The third-order valence-corrected chi connectivity index (χ3v) is 3.80. The highest BCUT2D eigenvalue weighted by molar-refractivity contribution is 7.17. The second-order valence-corrected chi connectivity index (χ2v) is 5.76. The molecule has 21 heavy (non-hydrogen) atoms. The van der Waals surface area contributed by atoms with Crippen LogP contribution in [0.3, 0.4) is 0 Å². The molecule has 6 heteroatoms. The van der Waals surface area contributed by atoms with Crippen LogP contribution in [0.15, 0.2) is 36.1 Å². The van der Waals surface area contributed by atoms with E-state index in [1.807, 2.05) is 37.4 Å². The van der Waals surface area contributed by atoms with Gasteiger partial charge in [-0.2, -0.15) is 0 Å². The molecule has 1 N–H and O–H groups in total. The van der Waals surface area contributed by atoms with E-state index in [-0.39, 0.29) is 6.10 Å². The molecule has 0 saturated heterocycles. The number of anilines is 1. The highest BCUT2D eigenvalue weighted by atomic mass is 32.1. The van der Waals surface area contributed by atoms with E-state index in [0.29, 0.717) is 12.4 Å². The molecule has 0 amide bonds. The Hall–Kier alpha value is -2.21. The summed E-state index contributed by atoms with van der Waals surface area (Å²) in [5, 5.41) is 5.36. The van der Waals surface area contributed by atoms with Gasteiger partial charge in [-0.1, -0.05) is 6.07 Å². The molecule has 0 fully saturated rings. The van der Waals surface area contributed by atoms with Crippen molar-refractivity contribution in [2.24, 2.45) is 0 Å². The first-order valence-electron chi connectivity index (χ1n) is 6.76. The van der Waals surface area contributed by atoms with Crippen LogP contribution in [0.25, 0.3) is 10.2 Å². The zero-order valence-electron chi connectivity index (χ0n) is 11.9. The van der Waals surface area contributed by atoms with Crippen molar-refractivity contribution in [1.82, 2.24) is 15.0 Å². The fraction of sp³-hybridized carbons (Fsp3) is 0.267. The van der Waals surface area contributed by atoms with Crippen LogP contribution in [-0.2, 0) is 6.54 Å². The lowest BCUT2D eigenvalue weighted by atomic mass is 10.2. The maximum atomic E-state index is 5.72. The Morgan fingerprint density at radius 1 is 1.24 bits per heavy atom. The Kier molecular flexibility index (Phi) is 3.96. The van der Waals surface area contributed by atoms with E-state index in [2.05, 4.69) is 20.3 Å². The second kappa shape index (κ2) is 6.05. The summed E-state index contributed by atoms with van der Waals surface area (Å²) in [6.45, 7) is 4.59. The quantitative estimate of drug-likeness (QED) is 0.781. The Morgan fingerprint density at radius 3 is 3.00 bits per heavy atom. The molecular formula is C15H16N4OS. The Bertz CT molecular complexity index is 741. The van der Waals surface area contributed by atoms with Gasteiger partial charge in [-0.05, 0) is 31.4 Å². The summed E-state index contributed by atoms with van der Waals surface area (Å²) in [4.78, 5) is 12.8. The number of thiophene rings is 1. The molecule has 108 valence electrons. The number of hydrogen-bond acceptors (Lipinski definition) is 6. The lowest BCUT2D eigenvalue weighted by Gasteiger charge is -2.13. The topological polar surface area (TPSA) is 59.9 Å². The molecule has 3 aromatic rings. The van der Waals surface area contributed by atoms with Gasteiger partial charge in [0, 0.05) is 18.3 Å². The molecule has 0 aliphatic carbocycles. The third kappa shape index (κ3) is 3.11. The third-order valence-electron chi connectivity index (χ3n) is 2.89. The fourth-order valence-electron chi connectivity index (χ4n) is 1.98. The number of pyridine rings is 1. The van der Waals surface area contributed by atoms with Gasteiger partial charge in [0.05, 0.1) is 16.3 Å². The lowest BCUT2D eigenvalue weighted by Crippen LogP contribution is -2.11. The van der Waals surface area contributed by atoms with E-state index in [1.54, 1.807) is 23.9 Å². The van der Waals surface area contributed by atoms with E-state index in [4.69, 9.17) is 4.74 Å². The molecule has 5 nitrogen and oxygen atoms in total. The highest BCUT2D eigenvalue weighted by Gasteiger charge is 2.09. The van der Waals surface area contributed by atoms with Crippen LogP contribution in [0.5, 0.6) is 5.88 Å². The predicted molar refractivity (Wildman–Crippen MR) is 84.7 cm³/mol. The van der Waals surface area contributed by atoms with Crippen LogP contribution in [0.2, 0.25) is 0 Å². The summed E-state index contributed by atoms with van der Waals surface area (Å²) in [7, 11) is 0. The van der Waals surface area contributed by atoms with E-state index in [1.165, 1.54) is 0 Å². The van der Waals surface area contributed by atoms with Crippen molar-refractivity contribution in [3.8, 4) is 5.88 Å². The van der Waals surface area contributed by atoms with Crippen LogP contribution >= 0.6 is 11.3 Å². The van der Waals surface area contributed by atoms with Crippen molar-refractivity contribution in [2.75, 3.05) is 5.32 Å². The molecule has 3 rings (SSSR count). The molecule has 0 radical (unpaired) electrons. The van der Waals surface area contributed by atoms with Crippen LogP contribution in [0, 0.1) is 0 Å². The van der Waals surface area contributed by atoms with Crippen molar-refractivity contribution in [2.45, 2.75) is 26.5 Å². The Labute approximate surface area is 127 Å². The van der Waals surface area contributed by atoms with E-state index in [9.17, 15) is 0 Å². The van der Waals surface area contributed by atoms with Gasteiger partial charge in [-0.3, -0.25) is 0 Å². The van der Waals surface area contributed by atoms with Crippen LogP contribution in [0.1, 0.15) is 19.4 Å². The van der Waals surface area contributed by atoms with Crippen molar-refractivity contribution in [3.63, 3.8) is 0 Å². The molecule has 0 unspecified atom stereocenters. The van der Waals surface area contributed by atoms with Gasteiger partial charge >= 0.3 is 0 Å². The summed E-state index contributed by atoms with van der Waals surface area (Å²) in [5.74, 6) is 1.51. The summed E-state index contributed by atoms with van der Waals surface area (Å²) < 4.78 is 6.79.